The van der Waals surface area contributed by atoms with Crippen LogP contribution in [0.25, 0.3) is 16.8 Å². The summed E-state index contributed by atoms with van der Waals surface area (Å²) < 4.78 is 1.88. The first kappa shape index (κ1) is 14.4. The molecule has 112 valence electrons. The van der Waals surface area contributed by atoms with E-state index in [4.69, 9.17) is 0 Å². The van der Waals surface area contributed by atoms with Gasteiger partial charge in [-0.15, -0.1) is 0 Å². The number of hydrogen-bond acceptors (Lipinski definition) is 3. The van der Waals surface area contributed by atoms with E-state index in [1.54, 1.807) is 6.92 Å². The summed E-state index contributed by atoms with van der Waals surface area (Å²) in [6, 6.07) is 11.9. The molecule has 0 spiro atoms. The number of Topliss-reactive ketones (excluding diaryl/α,β-unsaturated/α-hetero) is 1. The molecule has 0 unspecified atom stereocenters. The molecule has 4 nitrogen and oxygen atoms in total. The van der Waals surface area contributed by atoms with Crippen LogP contribution >= 0.6 is 0 Å². The average molecular weight is 293 g/mol. The second-order valence-electron chi connectivity index (χ2n) is 5.50. The number of rotatable bonds is 4. The van der Waals surface area contributed by atoms with E-state index >= 15 is 0 Å². The maximum absolute atomic E-state index is 11.8. The Kier molecular flexibility index (Phi) is 3.75. The van der Waals surface area contributed by atoms with Gasteiger partial charge in [-0.3, -0.25) is 4.79 Å². The fraction of sp³-hybridized carbons (Fsp3) is 0.278. The van der Waals surface area contributed by atoms with Crippen LogP contribution in [0.3, 0.4) is 0 Å². The summed E-state index contributed by atoms with van der Waals surface area (Å²) in [6.07, 6.45) is 1.87. The van der Waals surface area contributed by atoms with E-state index in [-0.39, 0.29) is 5.78 Å². The molecule has 4 heteroatoms. The number of benzene rings is 1. The molecule has 0 saturated heterocycles. The molecule has 2 heterocycles. The Morgan fingerprint density at radius 2 is 1.95 bits per heavy atom. The van der Waals surface area contributed by atoms with E-state index in [1.807, 2.05) is 47.8 Å². The molecule has 1 aromatic carbocycles. The molecule has 3 aromatic rings. The van der Waals surface area contributed by atoms with Crippen molar-refractivity contribution in [3.05, 3.63) is 53.5 Å². The van der Waals surface area contributed by atoms with Crippen LogP contribution in [0.15, 0.2) is 36.4 Å². The molecule has 22 heavy (non-hydrogen) atoms. The van der Waals surface area contributed by atoms with Gasteiger partial charge in [0.25, 0.3) is 0 Å². The highest BCUT2D eigenvalue weighted by atomic mass is 16.1. The average Bonchev–Trinajstić information content (AvgIpc) is 2.84. The van der Waals surface area contributed by atoms with E-state index in [2.05, 4.69) is 17.0 Å². The molecule has 0 aliphatic rings. The zero-order valence-corrected chi connectivity index (χ0v) is 13.1. The van der Waals surface area contributed by atoms with Gasteiger partial charge in [0.15, 0.2) is 11.4 Å². The lowest BCUT2D eigenvalue weighted by molar-refractivity contribution is 0.101. The molecular weight excluding hydrogens is 274 g/mol. The topological polar surface area (TPSA) is 47.3 Å². The monoisotopic (exact) mass is 293 g/mol. The highest BCUT2D eigenvalue weighted by Gasteiger charge is 2.17. The minimum absolute atomic E-state index is 0.0160. The van der Waals surface area contributed by atoms with Gasteiger partial charge < -0.3 is 0 Å². The highest BCUT2D eigenvalue weighted by molar-refractivity contribution is 5.93. The lowest BCUT2D eigenvalue weighted by Gasteiger charge is -2.06. The van der Waals surface area contributed by atoms with Crippen molar-refractivity contribution >= 4 is 11.4 Å². The quantitative estimate of drug-likeness (QED) is 0.686. The van der Waals surface area contributed by atoms with E-state index in [0.717, 1.165) is 41.0 Å². The molecule has 3 rings (SSSR count). The van der Waals surface area contributed by atoms with Crippen molar-refractivity contribution in [3.63, 3.8) is 0 Å². The van der Waals surface area contributed by atoms with Crippen LogP contribution < -0.4 is 0 Å². The second-order valence-corrected chi connectivity index (χ2v) is 5.50. The van der Waals surface area contributed by atoms with Crippen molar-refractivity contribution < 1.29 is 4.79 Å². The molecule has 0 atom stereocenters. The summed E-state index contributed by atoms with van der Waals surface area (Å²) in [6.45, 7) is 5.66. The summed E-state index contributed by atoms with van der Waals surface area (Å²) in [4.78, 5) is 16.4. The van der Waals surface area contributed by atoms with Gasteiger partial charge in [0.2, 0.25) is 0 Å². The molecule has 2 aromatic heterocycles. The zero-order valence-electron chi connectivity index (χ0n) is 13.1. The smallest absolute Gasteiger partial charge is 0.178 e. The third-order valence-corrected chi connectivity index (χ3v) is 3.77. The maximum Gasteiger partial charge on any atom is 0.178 e. The number of aromatic nitrogens is 3. The molecule has 0 N–H and O–H groups in total. The number of carbonyl (C=O) groups is 1. The molecule has 0 radical (unpaired) electrons. The zero-order chi connectivity index (χ0) is 15.7. The van der Waals surface area contributed by atoms with Crippen LogP contribution in [-0.2, 0) is 6.42 Å². The largest absolute Gasteiger partial charge is 0.293 e. The Morgan fingerprint density at radius 3 is 2.59 bits per heavy atom. The molecule has 0 saturated carbocycles. The third kappa shape index (κ3) is 2.41. The minimum atomic E-state index is -0.0160. The van der Waals surface area contributed by atoms with E-state index in [9.17, 15) is 4.79 Å². The summed E-state index contributed by atoms with van der Waals surface area (Å²) in [5, 5.41) is 4.65. The highest BCUT2D eigenvalue weighted by Crippen LogP contribution is 2.28. The lowest BCUT2D eigenvalue weighted by atomic mass is 10.1. The van der Waals surface area contributed by atoms with Gasteiger partial charge in [0.05, 0.1) is 5.69 Å². The van der Waals surface area contributed by atoms with Crippen molar-refractivity contribution in [2.45, 2.75) is 33.6 Å². The van der Waals surface area contributed by atoms with Crippen molar-refractivity contribution in [2.75, 3.05) is 0 Å². The Morgan fingerprint density at radius 1 is 1.23 bits per heavy atom. The van der Waals surface area contributed by atoms with Gasteiger partial charge in [-0.2, -0.15) is 5.10 Å². The number of hydrogen-bond donors (Lipinski definition) is 0. The first-order valence-corrected chi connectivity index (χ1v) is 7.57. The fourth-order valence-corrected chi connectivity index (χ4v) is 2.74. The van der Waals surface area contributed by atoms with Gasteiger partial charge >= 0.3 is 0 Å². The van der Waals surface area contributed by atoms with E-state index < -0.39 is 0 Å². The number of aryl methyl sites for hydroxylation is 2. The number of ketones is 1. The normalized spacial score (nSPS) is 11.0. The van der Waals surface area contributed by atoms with E-state index in [0.29, 0.717) is 5.69 Å². The van der Waals surface area contributed by atoms with Crippen molar-refractivity contribution in [3.8, 4) is 11.1 Å². The van der Waals surface area contributed by atoms with Crippen LogP contribution in [0.1, 0.15) is 42.1 Å². The summed E-state index contributed by atoms with van der Waals surface area (Å²) in [5.74, 6) is -0.0160. The van der Waals surface area contributed by atoms with Crippen LogP contribution in [0, 0.1) is 6.92 Å². The number of carbonyl (C=O) groups excluding carboxylic acids is 1. The van der Waals surface area contributed by atoms with Crippen LogP contribution in [-0.4, -0.2) is 20.4 Å². The number of fused-ring (bicyclic) bond motifs is 1. The third-order valence-electron chi connectivity index (χ3n) is 3.77. The lowest BCUT2D eigenvalue weighted by Crippen LogP contribution is -2.06. The van der Waals surface area contributed by atoms with Gasteiger partial charge in [0, 0.05) is 18.2 Å². The van der Waals surface area contributed by atoms with Gasteiger partial charge in [-0.05, 0) is 25.0 Å². The molecular formula is C18H19N3O. The predicted octanol–water partition coefficient (Wildman–Crippen LogP) is 3.86. The fourth-order valence-electron chi connectivity index (χ4n) is 2.74. The summed E-state index contributed by atoms with van der Waals surface area (Å²) in [5.41, 5.74) is 5.30. The Bertz CT molecular complexity index is 834. The van der Waals surface area contributed by atoms with Crippen molar-refractivity contribution in [2.24, 2.45) is 0 Å². The molecule has 0 amide bonds. The Labute approximate surface area is 129 Å². The first-order chi connectivity index (χ1) is 10.6. The van der Waals surface area contributed by atoms with Crippen LogP contribution in [0.4, 0.5) is 0 Å². The Hall–Kier alpha value is -2.49. The molecule has 0 bridgehead atoms. The molecule has 0 fully saturated rings. The van der Waals surface area contributed by atoms with Gasteiger partial charge in [-0.25, -0.2) is 9.50 Å². The molecule has 0 aliphatic carbocycles. The van der Waals surface area contributed by atoms with Crippen molar-refractivity contribution in [1.82, 2.24) is 14.6 Å². The maximum atomic E-state index is 11.8. The van der Waals surface area contributed by atoms with Crippen LogP contribution in [0.2, 0.25) is 0 Å². The Balaban J connectivity index is 2.34. The summed E-state index contributed by atoms with van der Waals surface area (Å²) >= 11 is 0. The second kappa shape index (κ2) is 5.72. The first-order valence-electron chi connectivity index (χ1n) is 7.57. The van der Waals surface area contributed by atoms with Crippen molar-refractivity contribution in [1.29, 1.82) is 0 Å². The molecule has 0 aliphatic heterocycles. The number of nitrogens with zero attached hydrogens (tertiary/aromatic N) is 3. The standard InChI is InChI=1S/C18H19N3O/c1-4-8-15-11-16(13(3)22)19-18-17(12(2)20-21(15)18)14-9-6-5-7-10-14/h5-7,9-11H,4,8H2,1-3H3. The van der Waals surface area contributed by atoms with E-state index in [1.165, 1.54) is 0 Å². The predicted molar refractivity (Wildman–Crippen MR) is 87.2 cm³/mol. The summed E-state index contributed by atoms with van der Waals surface area (Å²) in [7, 11) is 0. The SMILES string of the molecule is CCCc1cc(C(C)=O)nc2c(-c3ccccc3)c(C)nn12. The van der Waals surface area contributed by atoms with Crippen LogP contribution in [0.5, 0.6) is 0 Å². The van der Waals surface area contributed by atoms with Gasteiger partial charge in [-0.1, -0.05) is 43.7 Å². The minimum Gasteiger partial charge on any atom is -0.293 e. The van der Waals surface area contributed by atoms with Gasteiger partial charge in [0.1, 0.15) is 5.69 Å².